The summed E-state index contributed by atoms with van der Waals surface area (Å²) in [5.74, 6) is 0. The molecule has 62 valence electrons. The highest BCUT2D eigenvalue weighted by Crippen LogP contribution is 2.14. The van der Waals surface area contributed by atoms with Gasteiger partial charge in [-0.2, -0.15) is 0 Å². The first-order chi connectivity index (χ1) is 4.81. The van der Waals surface area contributed by atoms with Gasteiger partial charge in [0.25, 0.3) is 0 Å². The van der Waals surface area contributed by atoms with Gasteiger partial charge in [-0.05, 0) is 19.8 Å². The lowest BCUT2D eigenvalue weighted by atomic mass is 10.0. The van der Waals surface area contributed by atoms with Crippen LogP contribution < -0.4 is 0 Å². The molecule has 0 fully saturated rings. The van der Waals surface area contributed by atoms with E-state index in [0.29, 0.717) is 0 Å². The Balaban J connectivity index is 0. The van der Waals surface area contributed by atoms with Crippen LogP contribution in [0.25, 0.3) is 0 Å². The molecule has 0 amide bonds. The summed E-state index contributed by atoms with van der Waals surface area (Å²) >= 11 is 0. The fourth-order valence-corrected chi connectivity index (χ4v) is 0.433. The SMILES string of the molecule is CC.CC1=CCC1.CCC. The van der Waals surface area contributed by atoms with E-state index in [1.807, 2.05) is 13.8 Å². The molecule has 0 bridgehead atoms. The van der Waals surface area contributed by atoms with Gasteiger partial charge in [0, 0.05) is 0 Å². The third-order valence-corrected chi connectivity index (χ3v) is 1.03. The molecule has 0 unspecified atom stereocenters. The molecule has 0 aromatic carbocycles. The van der Waals surface area contributed by atoms with E-state index in [1.165, 1.54) is 19.3 Å². The average molecular weight is 142 g/mol. The van der Waals surface area contributed by atoms with E-state index < -0.39 is 0 Å². The minimum atomic E-state index is 1.25. The molecule has 0 aromatic heterocycles. The first kappa shape index (κ1) is 12.4. The zero-order chi connectivity index (χ0) is 8.41. The van der Waals surface area contributed by atoms with Crippen LogP contribution in [0.3, 0.4) is 0 Å². The Kier molecular flexibility index (Phi) is 14.3. The predicted molar refractivity (Wildman–Crippen MR) is 50.3 cm³/mol. The number of allylic oxidation sites excluding steroid dienone is 2. The quantitative estimate of drug-likeness (QED) is 0.445. The van der Waals surface area contributed by atoms with Crippen LogP contribution in [-0.2, 0) is 0 Å². The van der Waals surface area contributed by atoms with Crippen molar-refractivity contribution in [3.8, 4) is 0 Å². The molecular weight excluding hydrogens is 120 g/mol. The van der Waals surface area contributed by atoms with Gasteiger partial charge in [-0.3, -0.25) is 0 Å². The first-order valence-electron chi connectivity index (χ1n) is 4.46. The van der Waals surface area contributed by atoms with Gasteiger partial charge in [0.2, 0.25) is 0 Å². The lowest BCUT2D eigenvalue weighted by Crippen LogP contribution is -1.84. The summed E-state index contributed by atoms with van der Waals surface area (Å²) < 4.78 is 0. The van der Waals surface area contributed by atoms with Crippen LogP contribution in [0.1, 0.15) is 53.9 Å². The van der Waals surface area contributed by atoms with Gasteiger partial charge in [-0.15, -0.1) is 0 Å². The minimum Gasteiger partial charge on any atom is -0.0853 e. The van der Waals surface area contributed by atoms with Gasteiger partial charge >= 0.3 is 0 Å². The number of rotatable bonds is 0. The summed E-state index contributed by atoms with van der Waals surface area (Å²) in [6, 6.07) is 0. The number of hydrogen-bond acceptors (Lipinski definition) is 0. The molecule has 1 aliphatic carbocycles. The Morgan fingerprint density at radius 2 is 1.50 bits per heavy atom. The smallest absolute Gasteiger partial charge is 0.0288 e. The largest absolute Gasteiger partial charge is 0.0853 e. The van der Waals surface area contributed by atoms with Crippen LogP contribution in [0.4, 0.5) is 0 Å². The highest BCUT2D eigenvalue weighted by molar-refractivity contribution is 5.07. The molecule has 0 saturated carbocycles. The van der Waals surface area contributed by atoms with Gasteiger partial charge in [0.15, 0.2) is 0 Å². The van der Waals surface area contributed by atoms with Crippen molar-refractivity contribution < 1.29 is 0 Å². The van der Waals surface area contributed by atoms with Crippen LogP contribution >= 0.6 is 0 Å². The summed E-state index contributed by atoms with van der Waals surface area (Å²) in [5, 5.41) is 0. The molecule has 10 heavy (non-hydrogen) atoms. The molecule has 0 heteroatoms. The summed E-state index contributed by atoms with van der Waals surface area (Å²) in [6.45, 7) is 10.4. The zero-order valence-electron chi connectivity index (χ0n) is 8.20. The predicted octanol–water partition coefficient (Wildman–Crippen LogP) is 4.17. The maximum Gasteiger partial charge on any atom is -0.0288 e. The second kappa shape index (κ2) is 11.5. The fraction of sp³-hybridized carbons (Fsp3) is 0.800. The van der Waals surface area contributed by atoms with Crippen LogP contribution in [0, 0.1) is 0 Å². The maximum absolute atomic E-state index is 2.26. The molecular formula is C10H22. The van der Waals surface area contributed by atoms with Gasteiger partial charge in [0.1, 0.15) is 0 Å². The summed E-state index contributed by atoms with van der Waals surface area (Å²) in [6.07, 6.45) is 6.19. The summed E-state index contributed by atoms with van der Waals surface area (Å²) in [4.78, 5) is 0. The fourth-order valence-electron chi connectivity index (χ4n) is 0.433. The van der Waals surface area contributed by atoms with Crippen molar-refractivity contribution in [1.82, 2.24) is 0 Å². The highest BCUT2D eigenvalue weighted by Gasteiger charge is 1.94. The summed E-state index contributed by atoms with van der Waals surface area (Å²) in [5.41, 5.74) is 1.56. The lowest BCUT2D eigenvalue weighted by molar-refractivity contribution is 0.875. The molecule has 0 aromatic rings. The van der Waals surface area contributed by atoms with Crippen molar-refractivity contribution in [3.63, 3.8) is 0 Å². The highest BCUT2D eigenvalue weighted by atomic mass is 14.0. The second-order valence-corrected chi connectivity index (χ2v) is 2.30. The molecule has 1 rings (SSSR count). The molecule has 0 N–H and O–H groups in total. The standard InChI is InChI=1S/C5H8.C3H8.C2H6/c1-5-3-2-4-5;1-3-2;1-2/h3H,2,4H2,1H3;3H2,1-2H3;1-2H3. The molecule has 0 nitrogen and oxygen atoms in total. The Morgan fingerprint density at radius 3 is 1.50 bits per heavy atom. The normalized spacial score (nSPS) is 12.7. The minimum absolute atomic E-state index is 1.25. The molecule has 1 aliphatic rings. The monoisotopic (exact) mass is 142 g/mol. The topological polar surface area (TPSA) is 0 Å². The first-order valence-corrected chi connectivity index (χ1v) is 4.46. The average Bonchev–Trinajstić information content (AvgIpc) is 1.90. The lowest BCUT2D eigenvalue weighted by Gasteiger charge is -2.05. The van der Waals surface area contributed by atoms with Crippen molar-refractivity contribution >= 4 is 0 Å². The van der Waals surface area contributed by atoms with E-state index in [2.05, 4.69) is 26.8 Å². The van der Waals surface area contributed by atoms with Gasteiger partial charge in [-0.1, -0.05) is 45.8 Å². The third-order valence-electron chi connectivity index (χ3n) is 1.03. The van der Waals surface area contributed by atoms with Crippen molar-refractivity contribution in [2.75, 3.05) is 0 Å². The van der Waals surface area contributed by atoms with E-state index in [4.69, 9.17) is 0 Å². The van der Waals surface area contributed by atoms with Crippen LogP contribution in [0.15, 0.2) is 11.6 Å². The van der Waals surface area contributed by atoms with Crippen molar-refractivity contribution in [2.24, 2.45) is 0 Å². The van der Waals surface area contributed by atoms with Gasteiger partial charge < -0.3 is 0 Å². The second-order valence-electron chi connectivity index (χ2n) is 2.30. The molecule has 0 spiro atoms. The molecule has 0 heterocycles. The van der Waals surface area contributed by atoms with Crippen LogP contribution in [0.2, 0.25) is 0 Å². The molecule has 0 atom stereocenters. The van der Waals surface area contributed by atoms with Crippen molar-refractivity contribution in [1.29, 1.82) is 0 Å². The van der Waals surface area contributed by atoms with E-state index in [0.717, 1.165) is 0 Å². The Labute approximate surface area is 66.3 Å². The van der Waals surface area contributed by atoms with E-state index in [1.54, 1.807) is 5.57 Å². The Morgan fingerprint density at radius 1 is 1.30 bits per heavy atom. The van der Waals surface area contributed by atoms with Gasteiger partial charge in [-0.25, -0.2) is 0 Å². The Bertz CT molecular complexity index is 70.1. The Hall–Kier alpha value is -0.260. The maximum atomic E-state index is 2.26. The molecule has 0 aliphatic heterocycles. The van der Waals surface area contributed by atoms with Gasteiger partial charge in [0.05, 0.1) is 0 Å². The third kappa shape index (κ3) is 10.7. The van der Waals surface area contributed by atoms with E-state index in [9.17, 15) is 0 Å². The van der Waals surface area contributed by atoms with Crippen molar-refractivity contribution in [3.05, 3.63) is 11.6 Å². The van der Waals surface area contributed by atoms with Crippen LogP contribution in [-0.4, -0.2) is 0 Å². The van der Waals surface area contributed by atoms with Crippen molar-refractivity contribution in [2.45, 2.75) is 53.9 Å². The zero-order valence-corrected chi connectivity index (χ0v) is 8.20. The number of hydrogen-bond donors (Lipinski definition) is 0. The molecule has 0 radical (unpaired) electrons. The van der Waals surface area contributed by atoms with E-state index in [-0.39, 0.29) is 0 Å². The van der Waals surface area contributed by atoms with E-state index >= 15 is 0 Å². The summed E-state index contributed by atoms with van der Waals surface area (Å²) in [7, 11) is 0. The molecule has 0 saturated heterocycles. The van der Waals surface area contributed by atoms with Crippen LogP contribution in [0.5, 0.6) is 0 Å².